The van der Waals surface area contributed by atoms with Crippen LogP contribution in [0.1, 0.15) is 92.4 Å². The van der Waals surface area contributed by atoms with E-state index in [1.807, 2.05) is 0 Å². The van der Waals surface area contributed by atoms with Crippen LogP contribution in [0.15, 0.2) is 11.6 Å². The third-order valence-electron chi connectivity index (χ3n) is 18.3. The Kier molecular flexibility index (Phi) is 14.2. The minimum atomic E-state index is -1.69. The predicted molar refractivity (Wildman–Crippen MR) is 227 cm³/mol. The van der Waals surface area contributed by atoms with Crippen LogP contribution in [0.5, 0.6) is 0 Å². The number of aliphatic hydroxyl groups is 10. The van der Waals surface area contributed by atoms with Gasteiger partial charge in [-0.25, -0.2) is 0 Å². The van der Waals surface area contributed by atoms with Crippen molar-refractivity contribution in [2.45, 2.75) is 208 Å². The van der Waals surface area contributed by atoms with Crippen LogP contribution in [0.4, 0.5) is 0 Å². The van der Waals surface area contributed by atoms with E-state index in [4.69, 9.17) is 42.6 Å². The molecule has 20 nitrogen and oxygen atoms in total. The highest BCUT2D eigenvalue weighted by molar-refractivity contribution is 5.66. The average molecular weight is 959 g/mol. The second-order valence-electron chi connectivity index (χ2n) is 21.7. The van der Waals surface area contributed by atoms with Crippen molar-refractivity contribution < 1.29 is 98.5 Å². The number of ether oxygens (including phenoxy) is 9. The highest BCUT2D eigenvalue weighted by Gasteiger charge is 2.76. The number of carbonyl (C=O) groups excluding carboxylic acids is 1. The zero-order valence-electron chi connectivity index (χ0n) is 39.0. The van der Waals surface area contributed by atoms with E-state index in [0.29, 0.717) is 43.9 Å². The van der Waals surface area contributed by atoms with Gasteiger partial charge in [0.15, 0.2) is 30.8 Å². The van der Waals surface area contributed by atoms with E-state index in [1.165, 1.54) is 19.4 Å². The first-order valence-electron chi connectivity index (χ1n) is 24.5. The molecule has 0 aromatic rings. The maximum Gasteiger partial charge on any atom is 0.303 e. The van der Waals surface area contributed by atoms with Crippen LogP contribution in [0.2, 0.25) is 0 Å². The molecule has 0 amide bonds. The Hall–Kier alpha value is -1.51. The van der Waals surface area contributed by atoms with Gasteiger partial charge in [-0.1, -0.05) is 32.4 Å². The molecule has 67 heavy (non-hydrogen) atoms. The predicted octanol–water partition coefficient (Wildman–Crippen LogP) is -1.13. The molecule has 26 atom stereocenters. The van der Waals surface area contributed by atoms with Crippen LogP contribution in [0, 0.1) is 40.4 Å². The summed E-state index contributed by atoms with van der Waals surface area (Å²) in [6, 6.07) is 0. The van der Waals surface area contributed by atoms with E-state index >= 15 is 0 Å². The molecule has 9 aliphatic rings. The summed E-state index contributed by atoms with van der Waals surface area (Å²) in [5, 5.41) is 107. The first-order valence-corrected chi connectivity index (χ1v) is 24.5. The fraction of sp³-hybridized carbons (Fsp3) is 0.936. The highest BCUT2D eigenvalue weighted by Crippen LogP contribution is 2.72. The molecule has 9 rings (SSSR count). The van der Waals surface area contributed by atoms with Gasteiger partial charge in [0.2, 0.25) is 0 Å². The van der Waals surface area contributed by atoms with Crippen molar-refractivity contribution in [1.29, 1.82) is 0 Å². The second-order valence-corrected chi connectivity index (χ2v) is 21.7. The number of allylic oxidation sites excluding steroid dienone is 1. The highest BCUT2D eigenvalue weighted by atomic mass is 16.8. The van der Waals surface area contributed by atoms with Crippen LogP contribution >= 0.6 is 0 Å². The van der Waals surface area contributed by atoms with Gasteiger partial charge in [0, 0.05) is 30.6 Å². The lowest BCUT2D eigenvalue weighted by Crippen LogP contribution is -2.64. The largest absolute Gasteiger partial charge is 0.457 e. The quantitative estimate of drug-likeness (QED) is 0.0916. The molecule has 0 aromatic carbocycles. The molecule has 5 saturated heterocycles. The van der Waals surface area contributed by atoms with Crippen molar-refractivity contribution in [3.63, 3.8) is 0 Å². The molecule has 0 aromatic heterocycles. The molecule has 20 heteroatoms. The monoisotopic (exact) mass is 958 g/mol. The van der Waals surface area contributed by atoms with Crippen molar-refractivity contribution in [2.24, 2.45) is 40.4 Å². The molecule has 382 valence electrons. The van der Waals surface area contributed by atoms with Gasteiger partial charge in [0.1, 0.15) is 66.6 Å². The summed E-state index contributed by atoms with van der Waals surface area (Å²) in [7, 11) is 0. The van der Waals surface area contributed by atoms with Crippen LogP contribution in [0.3, 0.4) is 0 Å². The van der Waals surface area contributed by atoms with Crippen molar-refractivity contribution in [3.8, 4) is 0 Å². The summed E-state index contributed by atoms with van der Waals surface area (Å²) < 4.78 is 54.4. The summed E-state index contributed by atoms with van der Waals surface area (Å²) in [6.07, 6.45) is -12.7. The van der Waals surface area contributed by atoms with Crippen molar-refractivity contribution in [2.75, 3.05) is 26.4 Å². The topological polar surface area (TPSA) is 302 Å². The lowest BCUT2D eigenvalue weighted by molar-refractivity contribution is -0.370. The first-order chi connectivity index (χ1) is 31.7. The van der Waals surface area contributed by atoms with E-state index in [2.05, 4.69) is 26.8 Å². The lowest BCUT2D eigenvalue weighted by Gasteiger charge is -2.60. The first kappa shape index (κ1) is 50.4. The Balaban J connectivity index is 0.835. The number of aliphatic hydroxyl groups excluding tert-OH is 9. The molecule has 3 saturated carbocycles. The van der Waals surface area contributed by atoms with Gasteiger partial charge in [-0.3, -0.25) is 4.79 Å². The minimum Gasteiger partial charge on any atom is -0.457 e. The van der Waals surface area contributed by atoms with E-state index in [0.717, 1.165) is 25.7 Å². The van der Waals surface area contributed by atoms with Crippen LogP contribution in [0.25, 0.3) is 0 Å². The molecule has 0 unspecified atom stereocenters. The van der Waals surface area contributed by atoms with Crippen LogP contribution in [-0.2, 0) is 47.4 Å². The van der Waals surface area contributed by atoms with E-state index < -0.39 is 134 Å². The molecule has 1 spiro atoms. The molecular weight excluding hydrogens is 884 g/mol. The van der Waals surface area contributed by atoms with Crippen LogP contribution < -0.4 is 0 Å². The van der Waals surface area contributed by atoms with Gasteiger partial charge < -0.3 is 93.7 Å². The number of rotatable bonds is 10. The normalized spacial score (nSPS) is 55.2. The number of hydrogen-bond donors (Lipinski definition) is 10. The van der Waals surface area contributed by atoms with E-state index in [1.54, 1.807) is 0 Å². The van der Waals surface area contributed by atoms with Crippen molar-refractivity contribution in [1.82, 2.24) is 0 Å². The summed E-state index contributed by atoms with van der Waals surface area (Å²) in [5.74, 6) is -1.18. The van der Waals surface area contributed by atoms with Gasteiger partial charge in [-0.2, -0.15) is 0 Å². The summed E-state index contributed by atoms with van der Waals surface area (Å²) in [5.41, 5.74) is -0.430. The summed E-state index contributed by atoms with van der Waals surface area (Å²) in [4.78, 5) is 11.6. The number of carbonyl (C=O) groups is 1. The van der Waals surface area contributed by atoms with Gasteiger partial charge in [-0.05, 0) is 81.5 Å². The Morgan fingerprint density at radius 2 is 1.43 bits per heavy atom. The molecule has 8 fully saturated rings. The lowest BCUT2D eigenvalue weighted by atomic mass is 9.46. The zero-order valence-corrected chi connectivity index (χ0v) is 39.0. The Morgan fingerprint density at radius 1 is 0.761 bits per heavy atom. The number of hydrogen-bond acceptors (Lipinski definition) is 20. The third-order valence-corrected chi connectivity index (χ3v) is 18.3. The Labute approximate surface area is 390 Å². The molecule has 0 radical (unpaired) electrons. The SMILES string of the molecule is CC(=O)O[C@@H]1[C@@H](O)[C@@H](O)[C@H](O[C@H]2[C@H](O[C@H]3CC[C@@]4(C)C(=CC[C@@H]5[C@@H]4CC[C@@]4(C)[C@H]5C[C@@H]5O[C@]6(CC[C@@H](CO[C@@H]7O[C@H](CO)[C@@H](O)[C@H](O)[C@H]7O)CO6)[C@@H](C)[C@@]54O)C3)O[C@H](CO)[C@@H](O)[C@@H]2O)O[C@H]1C. The molecule has 4 aliphatic carbocycles. The standard InChI is InChI=1S/C47H74O20/c1-20-39(62-22(3)50)36(55)38(57)42(61-20)66-40-35(54)33(52)30(17-49)65-43(40)63-25-9-11-44(4)24(14-25)6-7-26-27(44)10-12-45(5)28(26)15-31-47(45,58)21(2)46(67-31)13-8-23(19-60-46)18-59-41-37(56)34(53)32(51)29(16-48)64-41/h6,20-21,23,25-43,48-49,51-58H,7-19H2,1-5H3/t20-,21+,23-,25-,26+,27-,28-,29+,30+,31-,32+,33+,34-,35-,36-,37+,38+,39-,40+,41+,42-,43+,44-,45-,46+,47+/m0/s1. The molecular formula is C47H74O20. The van der Waals surface area contributed by atoms with Crippen molar-refractivity contribution >= 4 is 5.97 Å². The molecule has 5 heterocycles. The number of fused-ring (bicyclic) bond motifs is 7. The van der Waals surface area contributed by atoms with Crippen molar-refractivity contribution in [3.05, 3.63) is 11.6 Å². The van der Waals surface area contributed by atoms with Gasteiger partial charge >= 0.3 is 5.97 Å². The smallest absolute Gasteiger partial charge is 0.303 e. The Morgan fingerprint density at radius 3 is 2.10 bits per heavy atom. The zero-order chi connectivity index (χ0) is 48.1. The summed E-state index contributed by atoms with van der Waals surface area (Å²) >= 11 is 0. The van der Waals surface area contributed by atoms with Gasteiger partial charge in [-0.15, -0.1) is 0 Å². The van der Waals surface area contributed by atoms with E-state index in [-0.39, 0.29) is 42.5 Å². The molecule has 5 aliphatic heterocycles. The van der Waals surface area contributed by atoms with Gasteiger partial charge in [0.05, 0.1) is 44.7 Å². The average Bonchev–Trinajstić information content (AvgIpc) is 3.66. The Bertz CT molecular complexity index is 1800. The molecule has 0 bridgehead atoms. The third kappa shape index (κ3) is 8.27. The van der Waals surface area contributed by atoms with E-state index in [9.17, 15) is 55.9 Å². The second kappa shape index (κ2) is 18.8. The molecule has 10 N–H and O–H groups in total. The van der Waals surface area contributed by atoms with Crippen LogP contribution in [-0.4, -0.2) is 199 Å². The summed E-state index contributed by atoms with van der Waals surface area (Å²) in [6.45, 7) is 8.63. The fourth-order valence-corrected chi connectivity index (χ4v) is 14.3. The minimum absolute atomic E-state index is 0.0810. The fourth-order valence-electron chi connectivity index (χ4n) is 14.3. The maximum absolute atomic E-state index is 13.0. The maximum atomic E-state index is 13.0. The number of esters is 1. The van der Waals surface area contributed by atoms with Gasteiger partial charge in [0.25, 0.3) is 0 Å².